The average molecular weight is 350 g/mol. The van der Waals surface area contributed by atoms with E-state index in [0.29, 0.717) is 10.8 Å². The SMILES string of the molecule is O=C(Nc1ccc(Cl)nc1)C1CCC(NC(=O)C2CCCC2)CC1. The number of rotatable bonds is 4. The van der Waals surface area contributed by atoms with Gasteiger partial charge in [-0.15, -0.1) is 0 Å². The van der Waals surface area contributed by atoms with Crippen LogP contribution in [0, 0.1) is 11.8 Å². The molecule has 2 aliphatic rings. The van der Waals surface area contributed by atoms with Gasteiger partial charge in [-0.2, -0.15) is 0 Å². The van der Waals surface area contributed by atoms with Crippen LogP contribution < -0.4 is 10.6 Å². The molecular weight excluding hydrogens is 326 g/mol. The maximum atomic E-state index is 12.3. The van der Waals surface area contributed by atoms with Crippen LogP contribution in [0.15, 0.2) is 18.3 Å². The number of amides is 2. The summed E-state index contributed by atoms with van der Waals surface area (Å²) in [4.78, 5) is 28.5. The van der Waals surface area contributed by atoms with Crippen molar-refractivity contribution in [2.24, 2.45) is 11.8 Å². The summed E-state index contributed by atoms with van der Waals surface area (Å²) in [5.41, 5.74) is 0.668. The number of carbonyl (C=O) groups is 2. The zero-order valence-corrected chi connectivity index (χ0v) is 14.5. The van der Waals surface area contributed by atoms with Crippen molar-refractivity contribution in [2.75, 3.05) is 5.32 Å². The van der Waals surface area contributed by atoms with Gasteiger partial charge in [-0.05, 0) is 50.7 Å². The molecule has 0 unspecified atom stereocenters. The number of pyridine rings is 1. The normalized spacial score (nSPS) is 24.5. The Morgan fingerprint density at radius 2 is 1.62 bits per heavy atom. The van der Waals surface area contributed by atoms with Gasteiger partial charge < -0.3 is 10.6 Å². The van der Waals surface area contributed by atoms with Crippen molar-refractivity contribution in [1.82, 2.24) is 10.3 Å². The Labute approximate surface area is 147 Å². The molecule has 6 heteroatoms. The molecule has 1 aromatic rings. The van der Waals surface area contributed by atoms with Crippen LogP contribution in [-0.4, -0.2) is 22.8 Å². The molecule has 2 aliphatic carbocycles. The number of nitrogens with one attached hydrogen (secondary N) is 2. The third-order valence-electron chi connectivity index (χ3n) is 5.17. The van der Waals surface area contributed by atoms with E-state index >= 15 is 0 Å². The van der Waals surface area contributed by atoms with E-state index in [0.717, 1.165) is 38.5 Å². The summed E-state index contributed by atoms with van der Waals surface area (Å²) in [5.74, 6) is 0.455. The van der Waals surface area contributed by atoms with Crippen LogP contribution in [0.3, 0.4) is 0 Å². The van der Waals surface area contributed by atoms with Gasteiger partial charge in [0.2, 0.25) is 11.8 Å². The van der Waals surface area contributed by atoms with E-state index < -0.39 is 0 Å². The highest BCUT2D eigenvalue weighted by atomic mass is 35.5. The quantitative estimate of drug-likeness (QED) is 0.817. The fourth-order valence-corrected chi connectivity index (χ4v) is 3.81. The predicted octanol–water partition coefficient (Wildman–Crippen LogP) is 3.54. The van der Waals surface area contributed by atoms with E-state index in [1.807, 2.05) is 0 Å². The molecule has 0 aliphatic heterocycles. The molecule has 0 aromatic carbocycles. The molecule has 24 heavy (non-hydrogen) atoms. The monoisotopic (exact) mass is 349 g/mol. The predicted molar refractivity (Wildman–Crippen MR) is 93.7 cm³/mol. The highest BCUT2D eigenvalue weighted by molar-refractivity contribution is 6.29. The number of hydrogen-bond donors (Lipinski definition) is 2. The number of halogens is 1. The molecular formula is C18H24ClN3O2. The van der Waals surface area contributed by atoms with E-state index in [1.54, 1.807) is 18.3 Å². The second-order valence-corrected chi connectivity index (χ2v) is 7.28. The van der Waals surface area contributed by atoms with Crippen LogP contribution in [0.4, 0.5) is 5.69 Å². The zero-order chi connectivity index (χ0) is 16.9. The Bertz CT molecular complexity index is 576. The maximum absolute atomic E-state index is 12.3. The third kappa shape index (κ3) is 4.47. The highest BCUT2D eigenvalue weighted by Crippen LogP contribution is 2.28. The summed E-state index contributed by atoms with van der Waals surface area (Å²) in [5, 5.41) is 6.48. The van der Waals surface area contributed by atoms with Crippen molar-refractivity contribution in [3.63, 3.8) is 0 Å². The summed E-state index contributed by atoms with van der Waals surface area (Å²) < 4.78 is 0. The van der Waals surface area contributed by atoms with Gasteiger partial charge in [-0.1, -0.05) is 24.4 Å². The molecule has 0 atom stereocenters. The Morgan fingerprint density at radius 1 is 0.958 bits per heavy atom. The van der Waals surface area contributed by atoms with E-state index in [1.165, 1.54) is 12.8 Å². The zero-order valence-electron chi connectivity index (χ0n) is 13.8. The molecule has 2 saturated carbocycles. The lowest BCUT2D eigenvalue weighted by Gasteiger charge is -2.29. The topological polar surface area (TPSA) is 71.1 Å². The molecule has 2 N–H and O–H groups in total. The fraction of sp³-hybridized carbons (Fsp3) is 0.611. The third-order valence-corrected chi connectivity index (χ3v) is 5.39. The van der Waals surface area contributed by atoms with Crippen LogP contribution in [0.1, 0.15) is 51.4 Å². The summed E-state index contributed by atoms with van der Waals surface area (Å²) >= 11 is 5.74. The Morgan fingerprint density at radius 3 is 2.25 bits per heavy atom. The van der Waals surface area contributed by atoms with E-state index in [9.17, 15) is 9.59 Å². The van der Waals surface area contributed by atoms with Crippen molar-refractivity contribution in [3.05, 3.63) is 23.5 Å². The molecule has 0 radical (unpaired) electrons. The largest absolute Gasteiger partial charge is 0.353 e. The second kappa shape index (κ2) is 7.97. The highest BCUT2D eigenvalue weighted by Gasteiger charge is 2.29. The average Bonchev–Trinajstić information content (AvgIpc) is 3.12. The molecule has 1 aromatic heterocycles. The number of aromatic nitrogens is 1. The Hall–Kier alpha value is -1.62. The first-order chi connectivity index (χ1) is 11.6. The van der Waals surface area contributed by atoms with E-state index in [2.05, 4.69) is 15.6 Å². The minimum atomic E-state index is 0.000288. The van der Waals surface area contributed by atoms with E-state index in [4.69, 9.17) is 11.6 Å². The summed E-state index contributed by atoms with van der Waals surface area (Å²) in [6.45, 7) is 0. The van der Waals surface area contributed by atoms with Crippen LogP contribution in [0.5, 0.6) is 0 Å². The number of hydrogen-bond acceptors (Lipinski definition) is 3. The van der Waals surface area contributed by atoms with Crippen molar-refractivity contribution < 1.29 is 9.59 Å². The number of anilines is 1. The lowest BCUT2D eigenvalue weighted by atomic mass is 9.85. The van der Waals surface area contributed by atoms with Gasteiger partial charge in [-0.25, -0.2) is 4.98 Å². The van der Waals surface area contributed by atoms with Gasteiger partial charge in [0, 0.05) is 17.9 Å². The lowest BCUT2D eigenvalue weighted by molar-refractivity contribution is -0.125. The van der Waals surface area contributed by atoms with Crippen LogP contribution in [-0.2, 0) is 9.59 Å². The summed E-state index contributed by atoms with van der Waals surface area (Å²) in [6, 6.07) is 3.63. The molecule has 1 heterocycles. The van der Waals surface area contributed by atoms with Crippen molar-refractivity contribution in [3.8, 4) is 0 Å². The minimum Gasteiger partial charge on any atom is -0.353 e. The van der Waals surface area contributed by atoms with Crippen LogP contribution in [0.25, 0.3) is 0 Å². The molecule has 0 spiro atoms. The summed E-state index contributed by atoms with van der Waals surface area (Å²) in [7, 11) is 0. The lowest BCUT2D eigenvalue weighted by Crippen LogP contribution is -2.41. The van der Waals surface area contributed by atoms with Gasteiger partial charge >= 0.3 is 0 Å². The molecule has 0 bridgehead atoms. The van der Waals surface area contributed by atoms with Crippen molar-refractivity contribution >= 4 is 29.1 Å². The maximum Gasteiger partial charge on any atom is 0.227 e. The summed E-state index contributed by atoms with van der Waals surface area (Å²) in [6.07, 6.45) is 9.32. The molecule has 2 fully saturated rings. The molecule has 2 amide bonds. The van der Waals surface area contributed by atoms with Gasteiger partial charge in [0.1, 0.15) is 5.15 Å². The first-order valence-corrected chi connectivity index (χ1v) is 9.22. The smallest absolute Gasteiger partial charge is 0.227 e. The number of carbonyl (C=O) groups excluding carboxylic acids is 2. The van der Waals surface area contributed by atoms with Gasteiger partial charge in [-0.3, -0.25) is 9.59 Å². The molecule has 0 saturated heterocycles. The van der Waals surface area contributed by atoms with Gasteiger partial charge in [0.15, 0.2) is 0 Å². The minimum absolute atomic E-state index is 0.000288. The standard InChI is InChI=1S/C18H24ClN3O2/c19-16-10-9-15(11-20-16)22-18(24)13-5-7-14(8-6-13)21-17(23)12-3-1-2-4-12/h9-14H,1-8H2,(H,21,23)(H,22,24). The van der Waals surface area contributed by atoms with Crippen molar-refractivity contribution in [2.45, 2.75) is 57.4 Å². The van der Waals surface area contributed by atoms with E-state index in [-0.39, 0.29) is 29.7 Å². The Balaban J connectivity index is 1.43. The van der Waals surface area contributed by atoms with Crippen molar-refractivity contribution in [1.29, 1.82) is 0 Å². The number of nitrogens with zero attached hydrogens (tertiary/aromatic N) is 1. The molecule has 130 valence electrons. The first kappa shape index (κ1) is 17.2. The molecule has 3 rings (SSSR count). The van der Waals surface area contributed by atoms with Crippen LogP contribution in [0.2, 0.25) is 5.15 Å². The Kier molecular flexibility index (Phi) is 5.72. The van der Waals surface area contributed by atoms with Gasteiger partial charge in [0.05, 0.1) is 11.9 Å². The van der Waals surface area contributed by atoms with Crippen LogP contribution >= 0.6 is 11.6 Å². The fourth-order valence-electron chi connectivity index (χ4n) is 3.70. The molecule has 5 nitrogen and oxygen atoms in total. The second-order valence-electron chi connectivity index (χ2n) is 6.90. The first-order valence-electron chi connectivity index (χ1n) is 8.84. The van der Waals surface area contributed by atoms with Gasteiger partial charge in [0.25, 0.3) is 0 Å².